The quantitative estimate of drug-likeness (QED) is 0.166. The number of hydrogen-bond acceptors (Lipinski definition) is 5. The first-order chi connectivity index (χ1) is 16.3. The molecule has 33 heavy (non-hydrogen) atoms. The molecule has 1 unspecified atom stereocenters. The molecule has 3 aromatic heterocycles. The van der Waals surface area contributed by atoms with Crippen LogP contribution in [0.25, 0.3) is 22.4 Å². The van der Waals surface area contributed by atoms with Gasteiger partial charge in [-0.1, -0.05) is 99.0 Å². The summed E-state index contributed by atoms with van der Waals surface area (Å²) in [6.45, 7) is 3.03. The molecule has 3 heterocycles. The van der Waals surface area contributed by atoms with Crippen LogP contribution in [0.15, 0.2) is 49.2 Å². The molecule has 1 atom stereocenters. The summed E-state index contributed by atoms with van der Waals surface area (Å²) in [6.07, 6.45) is 16.4. The van der Waals surface area contributed by atoms with Crippen molar-refractivity contribution in [2.24, 2.45) is 0 Å². The second kappa shape index (κ2) is 11.9. The van der Waals surface area contributed by atoms with Crippen LogP contribution < -0.4 is 0 Å². The average molecular weight is 466 g/mol. The molecule has 174 valence electrons. The van der Waals surface area contributed by atoms with Gasteiger partial charge in [-0.05, 0) is 12.8 Å². The van der Waals surface area contributed by atoms with Crippen molar-refractivity contribution in [3.05, 3.63) is 54.3 Å². The van der Waals surface area contributed by atoms with Crippen molar-refractivity contribution in [1.29, 1.82) is 0 Å². The Morgan fingerprint density at radius 2 is 1.70 bits per heavy atom. The number of aryl methyl sites for hydroxylation is 1. The average Bonchev–Trinajstić information content (AvgIpc) is 3.49. The number of aromatic nitrogens is 7. The lowest BCUT2D eigenvalue weighted by Gasteiger charge is -2.19. The molecule has 4 aromatic rings. The van der Waals surface area contributed by atoms with E-state index in [-0.39, 0.29) is 6.04 Å². The molecule has 0 N–H and O–H groups in total. The Hall–Kier alpha value is -2.80. The molecule has 0 amide bonds. The van der Waals surface area contributed by atoms with Gasteiger partial charge in [0.15, 0.2) is 10.8 Å². The van der Waals surface area contributed by atoms with Crippen LogP contribution >= 0.6 is 11.6 Å². The Labute approximate surface area is 200 Å². The second-order valence-corrected chi connectivity index (χ2v) is 8.93. The topological polar surface area (TPSA) is 74.3 Å². The molecular weight excluding hydrogens is 434 g/mol. The molecule has 0 aliphatic heterocycles. The maximum Gasteiger partial charge on any atom is 0.165 e. The molecule has 0 spiro atoms. The van der Waals surface area contributed by atoms with Crippen molar-refractivity contribution in [2.75, 3.05) is 0 Å². The van der Waals surface area contributed by atoms with Gasteiger partial charge in [0.1, 0.15) is 17.5 Å². The minimum atomic E-state index is 0.265. The van der Waals surface area contributed by atoms with E-state index in [0.717, 1.165) is 36.3 Å². The fourth-order valence-corrected chi connectivity index (χ4v) is 4.46. The summed E-state index contributed by atoms with van der Waals surface area (Å²) in [4.78, 5) is 13.0. The number of fused-ring (bicyclic) bond motifs is 1. The summed E-state index contributed by atoms with van der Waals surface area (Å²) < 4.78 is 4.09. The van der Waals surface area contributed by atoms with Crippen LogP contribution in [0, 0.1) is 0 Å². The predicted octanol–water partition coefficient (Wildman–Crippen LogP) is 6.51. The summed E-state index contributed by atoms with van der Waals surface area (Å²) in [5.41, 5.74) is 3.43. The number of nitrogens with zero attached hydrogens (tertiary/aromatic N) is 7. The Morgan fingerprint density at radius 3 is 2.52 bits per heavy atom. The van der Waals surface area contributed by atoms with Gasteiger partial charge in [-0.3, -0.25) is 4.68 Å². The van der Waals surface area contributed by atoms with Crippen molar-refractivity contribution in [2.45, 2.75) is 77.3 Å². The number of halogens is 1. The van der Waals surface area contributed by atoms with E-state index in [0.29, 0.717) is 10.7 Å². The number of rotatable bonds is 13. The third-order valence-electron chi connectivity index (χ3n) is 6.15. The first-order valence-electron chi connectivity index (χ1n) is 12.0. The normalized spacial score (nSPS) is 12.4. The third kappa shape index (κ3) is 6.16. The van der Waals surface area contributed by atoms with Gasteiger partial charge in [-0.15, -0.1) is 5.10 Å². The molecule has 1 aromatic carbocycles. The molecule has 0 bridgehead atoms. The molecule has 4 rings (SSSR count). The first-order valence-corrected chi connectivity index (χ1v) is 12.4. The first kappa shape index (κ1) is 23.4. The van der Waals surface area contributed by atoms with Crippen molar-refractivity contribution in [3.63, 3.8) is 0 Å². The maximum atomic E-state index is 6.25. The van der Waals surface area contributed by atoms with Crippen LogP contribution in [-0.4, -0.2) is 34.5 Å². The van der Waals surface area contributed by atoms with E-state index in [9.17, 15) is 0 Å². The van der Waals surface area contributed by atoms with Gasteiger partial charge in [-0.25, -0.2) is 15.0 Å². The molecule has 7 nitrogen and oxygen atoms in total. The lowest BCUT2D eigenvalue weighted by Crippen LogP contribution is -2.13. The van der Waals surface area contributed by atoms with Gasteiger partial charge in [0, 0.05) is 18.2 Å². The molecule has 0 aliphatic carbocycles. The Kier molecular flexibility index (Phi) is 8.41. The number of hydrogen-bond donors (Lipinski definition) is 0. The molecular formula is C25H32ClN7. The van der Waals surface area contributed by atoms with E-state index in [1.54, 1.807) is 0 Å². The summed E-state index contributed by atoms with van der Waals surface area (Å²) in [7, 11) is 0. The minimum absolute atomic E-state index is 0.265. The van der Waals surface area contributed by atoms with Crippen LogP contribution in [0.2, 0.25) is 5.15 Å². The van der Waals surface area contributed by atoms with Crippen molar-refractivity contribution in [1.82, 2.24) is 34.5 Å². The summed E-state index contributed by atoms with van der Waals surface area (Å²) in [5.74, 6) is 0. The highest BCUT2D eigenvalue weighted by atomic mass is 35.5. The van der Waals surface area contributed by atoms with E-state index in [4.69, 9.17) is 11.6 Å². The van der Waals surface area contributed by atoms with Crippen molar-refractivity contribution in [3.8, 4) is 11.3 Å². The highest BCUT2D eigenvalue weighted by molar-refractivity contribution is 6.33. The minimum Gasteiger partial charge on any atom is -0.312 e. The van der Waals surface area contributed by atoms with E-state index in [1.165, 1.54) is 51.3 Å². The van der Waals surface area contributed by atoms with Crippen LogP contribution in [0.5, 0.6) is 0 Å². The summed E-state index contributed by atoms with van der Waals surface area (Å²) in [5, 5.41) is 9.11. The Balaban J connectivity index is 1.42. The monoisotopic (exact) mass is 465 g/mol. The van der Waals surface area contributed by atoms with E-state index < -0.39 is 0 Å². The lowest BCUT2D eigenvalue weighted by molar-refractivity contribution is 0.383. The second-order valence-electron chi connectivity index (χ2n) is 8.57. The SMILES string of the molecule is CCCCCCCCCC(CCn1cc(-c2ccccc2)nn1)n1cnc2c(Cl)ncnc21. The van der Waals surface area contributed by atoms with Gasteiger partial charge in [0.25, 0.3) is 0 Å². The van der Waals surface area contributed by atoms with Crippen LogP contribution in [-0.2, 0) is 6.54 Å². The van der Waals surface area contributed by atoms with Gasteiger partial charge in [0.05, 0.1) is 12.5 Å². The van der Waals surface area contributed by atoms with Crippen molar-refractivity contribution >= 4 is 22.8 Å². The highest BCUT2D eigenvalue weighted by Gasteiger charge is 2.17. The molecule has 8 heteroatoms. The van der Waals surface area contributed by atoms with Crippen LogP contribution in [0.1, 0.15) is 70.8 Å². The zero-order valence-corrected chi connectivity index (χ0v) is 20.0. The van der Waals surface area contributed by atoms with Gasteiger partial charge >= 0.3 is 0 Å². The molecule has 0 radical (unpaired) electrons. The standard InChI is InChI=1S/C25H32ClN7/c1-2-3-4-5-6-7-11-14-21(33-19-29-23-24(26)27-18-28-25(23)33)15-16-32-17-22(30-31-32)20-12-9-8-10-13-20/h8-10,12-13,17-19,21H,2-7,11,14-16H2,1H3. The predicted molar refractivity (Wildman–Crippen MR) is 132 cm³/mol. The van der Waals surface area contributed by atoms with E-state index >= 15 is 0 Å². The van der Waals surface area contributed by atoms with Crippen molar-refractivity contribution < 1.29 is 0 Å². The van der Waals surface area contributed by atoms with Crippen LogP contribution in [0.4, 0.5) is 0 Å². The highest BCUT2D eigenvalue weighted by Crippen LogP contribution is 2.27. The lowest BCUT2D eigenvalue weighted by atomic mass is 10.0. The smallest absolute Gasteiger partial charge is 0.165 e. The fourth-order valence-electron chi connectivity index (χ4n) is 4.28. The number of imidazole rings is 1. The zero-order chi connectivity index (χ0) is 22.9. The fraction of sp³-hybridized carbons (Fsp3) is 0.480. The van der Waals surface area contributed by atoms with Gasteiger partial charge in [0.2, 0.25) is 0 Å². The largest absolute Gasteiger partial charge is 0.312 e. The zero-order valence-electron chi connectivity index (χ0n) is 19.3. The van der Waals surface area contributed by atoms with Crippen LogP contribution in [0.3, 0.4) is 0 Å². The Bertz CT molecular complexity index is 1120. The van der Waals surface area contributed by atoms with E-state index in [2.05, 4.69) is 48.9 Å². The Morgan fingerprint density at radius 1 is 0.909 bits per heavy atom. The van der Waals surface area contributed by atoms with Gasteiger partial charge in [-0.2, -0.15) is 0 Å². The maximum absolute atomic E-state index is 6.25. The molecule has 0 saturated carbocycles. The number of unbranched alkanes of at least 4 members (excludes halogenated alkanes) is 6. The molecule has 0 aliphatic rings. The van der Waals surface area contributed by atoms with E-state index in [1.807, 2.05) is 35.4 Å². The third-order valence-corrected chi connectivity index (χ3v) is 6.42. The molecule has 0 saturated heterocycles. The van der Waals surface area contributed by atoms with Gasteiger partial charge < -0.3 is 4.57 Å². The summed E-state index contributed by atoms with van der Waals surface area (Å²) in [6, 6.07) is 10.4. The number of benzene rings is 1. The molecule has 0 fully saturated rings. The summed E-state index contributed by atoms with van der Waals surface area (Å²) >= 11 is 6.25.